The number of nitrogens with one attached hydrogen (secondary N) is 1. The Labute approximate surface area is 106 Å². The molecule has 19 heavy (non-hydrogen) atoms. The zero-order valence-corrected chi connectivity index (χ0v) is 9.42. The fraction of sp³-hybridized carbons (Fsp3) is 0. The second-order valence-corrected chi connectivity index (χ2v) is 3.61. The third-order valence-corrected chi connectivity index (χ3v) is 2.31. The molecule has 0 atom stereocenters. The second-order valence-electron chi connectivity index (χ2n) is 3.61. The van der Waals surface area contributed by atoms with E-state index in [9.17, 15) is 13.2 Å². The van der Waals surface area contributed by atoms with E-state index in [1.807, 2.05) is 0 Å². The average molecular weight is 264 g/mol. The lowest BCUT2D eigenvalue weighted by Gasteiger charge is -2.09. The van der Waals surface area contributed by atoms with Crippen molar-refractivity contribution < 1.29 is 13.2 Å². The van der Waals surface area contributed by atoms with Crippen LogP contribution in [-0.4, -0.2) is 4.98 Å². The van der Waals surface area contributed by atoms with Crippen molar-refractivity contribution in [1.29, 1.82) is 5.26 Å². The Morgan fingerprint density at radius 2 is 1.89 bits per heavy atom. The normalized spacial score (nSPS) is 10.0. The zero-order valence-electron chi connectivity index (χ0n) is 9.42. The molecule has 7 heteroatoms. The molecule has 0 aliphatic rings. The quantitative estimate of drug-likeness (QED) is 0.874. The number of hydrogen-bond donors (Lipinski definition) is 2. The van der Waals surface area contributed by atoms with E-state index in [-0.39, 0.29) is 17.1 Å². The highest BCUT2D eigenvalue weighted by Crippen LogP contribution is 2.23. The number of benzene rings is 1. The molecule has 0 fully saturated rings. The lowest BCUT2D eigenvalue weighted by Crippen LogP contribution is -2.04. The van der Waals surface area contributed by atoms with Crippen LogP contribution in [0.1, 0.15) is 5.56 Å². The summed E-state index contributed by atoms with van der Waals surface area (Å²) in [6, 6.07) is 5.63. The van der Waals surface area contributed by atoms with Gasteiger partial charge in [0.15, 0.2) is 23.3 Å². The van der Waals surface area contributed by atoms with Gasteiger partial charge in [-0.05, 0) is 18.2 Å². The molecule has 0 saturated heterocycles. The van der Waals surface area contributed by atoms with Crippen molar-refractivity contribution in [3.8, 4) is 6.07 Å². The molecule has 3 N–H and O–H groups in total. The van der Waals surface area contributed by atoms with Crippen LogP contribution in [0.3, 0.4) is 0 Å². The SMILES string of the molecule is N#Cc1cc(F)ccc1Nc1nc(N)c(F)cc1F. The van der Waals surface area contributed by atoms with Crippen molar-refractivity contribution in [1.82, 2.24) is 4.98 Å². The molecule has 1 aromatic heterocycles. The monoisotopic (exact) mass is 264 g/mol. The summed E-state index contributed by atoms with van der Waals surface area (Å²) < 4.78 is 39.3. The number of nitrogens with zero attached hydrogens (tertiary/aromatic N) is 2. The molecule has 0 radical (unpaired) electrons. The highest BCUT2D eigenvalue weighted by atomic mass is 19.1. The van der Waals surface area contributed by atoms with E-state index in [1.165, 1.54) is 6.07 Å². The first-order chi connectivity index (χ1) is 9.01. The van der Waals surface area contributed by atoms with Gasteiger partial charge in [-0.2, -0.15) is 5.26 Å². The number of nitriles is 1. The molecule has 4 nitrogen and oxygen atoms in total. The first-order valence-corrected chi connectivity index (χ1v) is 5.09. The number of nitrogen functional groups attached to an aromatic ring is 1. The van der Waals surface area contributed by atoms with E-state index in [1.54, 1.807) is 6.07 Å². The summed E-state index contributed by atoms with van der Waals surface area (Å²) in [4.78, 5) is 3.48. The van der Waals surface area contributed by atoms with Gasteiger partial charge in [-0.1, -0.05) is 0 Å². The van der Waals surface area contributed by atoms with Crippen molar-refractivity contribution in [3.05, 3.63) is 47.3 Å². The predicted octanol–water partition coefficient (Wildman–Crippen LogP) is 2.70. The van der Waals surface area contributed by atoms with Crippen LogP contribution in [0, 0.1) is 28.8 Å². The van der Waals surface area contributed by atoms with Crippen LogP contribution in [0.2, 0.25) is 0 Å². The summed E-state index contributed by atoms with van der Waals surface area (Å²) in [6.07, 6.45) is 0. The fourth-order valence-electron chi connectivity index (χ4n) is 1.41. The lowest BCUT2D eigenvalue weighted by atomic mass is 10.2. The maximum Gasteiger partial charge on any atom is 0.169 e. The molecule has 2 rings (SSSR count). The van der Waals surface area contributed by atoms with E-state index in [4.69, 9.17) is 11.0 Å². The molecule has 0 aliphatic heterocycles. The third kappa shape index (κ3) is 2.57. The van der Waals surface area contributed by atoms with Gasteiger partial charge in [0.05, 0.1) is 11.3 Å². The van der Waals surface area contributed by atoms with E-state index >= 15 is 0 Å². The molecular weight excluding hydrogens is 257 g/mol. The molecule has 1 heterocycles. The van der Waals surface area contributed by atoms with Crippen molar-refractivity contribution in [2.45, 2.75) is 0 Å². The Hall–Kier alpha value is -2.75. The van der Waals surface area contributed by atoms with Gasteiger partial charge in [0.2, 0.25) is 0 Å². The van der Waals surface area contributed by atoms with Gasteiger partial charge in [-0.15, -0.1) is 0 Å². The molecule has 0 saturated carbocycles. The minimum Gasteiger partial charge on any atom is -0.381 e. The van der Waals surface area contributed by atoms with Crippen molar-refractivity contribution in [2.75, 3.05) is 11.1 Å². The van der Waals surface area contributed by atoms with E-state index in [0.717, 1.165) is 12.1 Å². The van der Waals surface area contributed by atoms with Crippen LogP contribution in [0.5, 0.6) is 0 Å². The van der Waals surface area contributed by atoms with Crippen LogP contribution in [0.4, 0.5) is 30.5 Å². The molecule has 0 amide bonds. The van der Waals surface area contributed by atoms with Crippen molar-refractivity contribution in [3.63, 3.8) is 0 Å². The summed E-state index contributed by atoms with van der Waals surface area (Å²) in [7, 11) is 0. The number of rotatable bonds is 2. The van der Waals surface area contributed by atoms with Gasteiger partial charge in [0, 0.05) is 6.07 Å². The Balaban J connectivity index is 2.42. The van der Waals surface area contributed by atoms with Gasteiger partial charge < -0.3 is 11.1 Å². The Morgan fingerprint density at radius 1 is 1.16 bits per heavy atom. The molecule has 0 spiro atoms. The molecule has 2 aromatic rings. The highest BCUT2D eigenvalue weighted by molar-refractivity contribution is 5.65. The molecule has 1 aromatic carbocycles. The van der Waals surface area contributed by atoms with Crippen LogP contribution in [-0.2, 0) is 0 Å². The van der Waals surface area contributed by atoms with Gasteiger partial charge >= 0.3 is 0 Å². The molecular formula is C12H7F3N4. The second kappa shape index (κ2) is 4.86. The molecule has 0 bridgehead atoms. The van der Waals surface area contributed by atoms with Crippen LogP contribution in [0.25, 0.3) is 0 Å². The first-order valence-electron chi connectivity index (χ1n) is 5.09. The Morgan fingerprint density at radius 3 is 2.58 bits per heavy atom. The van der Waals surface area contributed by atoms with Gasteiger partial charge in [0.1, 0.15) is 11.9 Å². The van der Waals surface area contributed by atoms with Crippen molar-refractivity contribution >= 4 is 17.3 Å². The standard InChI is InChI=1S/C12H7F3N4/c13-7-1-2-10(6(3-7)5-16)18-12-9(15)4-8(14)11(17)19-12/h1-4H,(H3,17,18,19). The maximum atomic E-state index is 13.5. The highest BCUT2D eigenvalue weighted by Gasteiger charge is 2.12. The van der Waals surface area contributed by atoms with E-state index in [2.05, 4.69) is 10.3 Å². The number of halogens is 3. The Kier molecular flexibility index (Phi) is 3.25. The molecule has 96 valence electrons. The van der Waals surface area contributed by atoms with Crippen molar-refractivity contribution in [2.24, 2.45) is 0 Å². The summed E-state index contributed by atoms with van der Waals surface area (Å²) >= 11 is 0. The minimum absolute atomic E-state index is 0.0379. The van der Waals surface area contributed by atoms with Crippen LogP contribution < -0.4 is 11.1 Å². The predicted molar refractivity (Wildman–Crippen MR) is 63.0 cm³/mol. The van der Waals surface area contributed by atoms with E-state index < -0.39 is 23.3 Å². The first kappa shape index (κ1) is 12.7. The molecule has 0 unspecified atom stereocenters. The average Bonchev–Trinajstić information content (AvgIpc) is 2.37. The minimum atomic E-state index is -0.984. The number of hydrogen-bond acceptors (Lipinski definition) is 4. The van der Waals surface area contributed by atoms with Crippen LogP contribution >= 0.6 is 0 Å². The summed E-state index contributed by atoms with van der Waals surface area (Å²) in [6.45, 7) is 0. The van der Waals surface area contributed by atoms with Crippen LogP contribution in [0.15, 0.2) is 24.3 Å². The van der Waals surface area contributed by atoms with Gasteiger partial charge in [-0.25, -0.2) is 18.2 Å². The smallest absolute Gasteiger partial charge is 0.169 e. The summed E-state index contributed by atoms with van der Waals surface area (Å²) in [5, 5.41) is 11.3. The van der Waals surface area contributed by atoms with Gasteiger partial charge in [0.25, 0.3) is 0 Å². The molecule has 0 aliphatic carbocycles. The Bertz CT molecular complexity index is 679. The number of aromatic nitrogens is 1. The number of nitrogens with two attached hydrogens (primary N) is 1. The third-order valence-electron chi connectivity index (χ3n) is 2.31. The summed E-state index contributed by atoms with van der Waals surface area (Å²) in [5.74, 6) is -3.39. The fourth-order valence-corrected chi connectivity index (χ4v) is 1.41. The number of pyridine rings is 1. The maximum absolute atomic E-state index is 13.5. The topological polar surface area (TPSA) is 74.7 Å². The lowest BCUT2D eigenvalue weighted by molar-refractivity contribution is 0.581. The van der Waals surface area contributed by atoms with E-state index in [0.29, 0.717) is 6.07 Å². The number of anilines is 3. The van der Waals surface area contributed by atoms with Gasteiger partial charge in [-0.3, -0.25) is 0 Å². The zero-order chi connectivity index (χ0) is 14.0. The summed E-state index contributed by atoms with van der Waals surface area (Å²) in [5.41, 5.74) is 5.32. The largest absolute Gasteiger partial charge is 0.381 e.